The van der Waals surface area contributed by atoms with E-state index in [0.717, 1.165) is 5.56 Å². The zero-order valence-corrected chi connectivity index (χ0v) is 16.3. The van der Waals surface area contributed by atoms with E-state index in [1.165, 1.54) is 29.1 Å². The normalized spacial score (nSPS) is 11.5. The number of halogens is 1. The van der Waals surface area contributed by atoms with Crippen molar-refractivity contribution in [1.82, 2.24) is 14.3 Å². The van der Waals surface area contributed by atoms with Crippen molar-refractivity contribution >= 4 is 10.0 Å². The molecule has 28 heavy (non-hydrogen) atoms. The third-order valence-corrected chi connectivity index (χ3v) is 5.90. The summed E-state index contributed by atoms with van der Waals surface area (Å²) in [6.45, 7) is 3.75. The molecule has 0 bridgehead atoms. The van der Waals surface area contributed by atoms with Gasteiger partial charge in [-0.1, -0.05) is 12.1 Å². The molecule has 0 unspecified atom stereocenters. The van der Waals surface area contributed by atoms with E-state index >= 15 is 0 Å². The first kappa shape index (κ1) is 19.9. The van der Waals surface area contributed by atoms with Crippen molar-refractivity contribution in [2.75, 3.05) is 6.54 Å². The van der Waals surface area contributed by atoms with Crippen molar-refractivity contribution in [3.05, 3.63) is 82.2 Å². The lowest BCUT2D eigenvalue weighted by atomic mass is 10.1. The first-order valence-electron chi connectivity index (χ1n) is 8.65. The fourth-order valence-corrected chi connectivity index (χ4v) is 4.10. The van der Waals surface area contributed by atoms with Gasteiger partial charge < -0.3 is 0 Å². The Morgan fingerprint density at radius 3 is 2.46 bits per heavy atom. The predicted octanol–water partition coefficient (Wildman–Crippen LogP) is 2.64. The summed E-state index contributed by atoms with van der Waals surface area (Å²) >= 11 is 0. The standard InChI is InChI=1S/C20H20FN3O3S/c1-14-3-4-15(2)19(11-14)28(26,27)23-9-10-24-13-22-18(12-20(24)25)16-5-7-17(21)8-6-16/h3-8,11-13,23H,9-10H2,1-2H3. The second kappa shape index (κ2) is 8.04. The smallest absolute Gasteiger partial charge is 0.253 e. The Labute approximate surface area is 162 Å². The number of nitrogens with zero attached hydrogens (tertiary/aromatic N) is 2. The monoisotopic (exact) mass is 401 g/mol. The van der Waals surface area contributed by atoms with Gasteiger partial charge in [0.1, 0.15) is 5.82 Å². The van der Waals surface area contributed by atoms with E-state index in [4.69, 9.17) is 0 Å². The molecule has 1 aromatic heterocycles. The highest BCUT2D eigenvalue weighted by molar-refractivity contribution is 7.89. The van der Waals surface area contributed by atoms with E-state index in [9.17, 15) is 17.6 Å². The molecule has 0 saturated carbocycles. The zero-order valence-electron chi connectivity index (χ0n) is 15.5. The maximum Gasteiger partial charge on any atom is 0.253 e. The van der Waals surface area contributed by atoms with E-state index in [-0.39, 0.29) is 29.4 Å². The Bertz CT molecular complexity index is 1160. The third kappa shape index (κ3) is 4.52. The average Bonchev–Trinajstić information content (AvgIpc) is 2.65. The first-order valence-corrected chi connectivity index (χ1v) is 10.1. The lowest BCUT2D eigenvalue weighted by Crippen LogP contribution is -2.31. The van der Waals surface area contributed by atoms with E-state index < -0.39 is 10.0 Å². The molecule has 8 heteroatoms. The molecule has 0 aliphatic carbocycles. The van der Waals surface area contributed by atoms with Crippen LogP contribution < -0.4 is 10.3 Å². The molecule has 2 aromatic carbocycles. The highest BCUT2D eigenvalue weighted by Crippen LogP contribution is 2.17. The van der Waals surface area contributed by atoms with Crippen LogP contribution in [0.3, 0.4) is 0 Å². The Kier molecular flexibility index (Phi) is 5.71. The Hall–Kier alpha value is -2.84. The molecule has 0 aliphatic heterocycles. The molecule has 0 saturated heterocycles. The summed E-state index contributed by atoms with van der Waals surface area (Å²) in [5.41, 5.74) is 2.24. The maximum atomic E-state index is 13.0. The highest BCUT2D eigenvalue weighted by Gasteiger charge is 2.16. The topological polar surface area (TPSA) is 81.1 Å². The molecule has 146 valence electrons. The number of sulfonamides is 1. The molecule has 0 spiro atoms. The van der Waals surface area contributed by atoms with Crippen LogP contribution in [-0.4, -0.2) is 24.5 Å². The molecule has 3 aromatic rings. The van der Waals surface area contributed by atoms with Crippen LogP contribution in [0.4, 0.5) is 4.39 Å². The van der Waals surface area contributed by atoms with Crippen LogP contribution in [-0.2, 0) is 16.6 Å². The summed E-state index contributed by atoms with van der Waals surface area (Å²) in [4.78, 5) is 16.7. The van der Waals surface area contributed by atoms with Crippen molar-refractivity contribution in [2.45, 2.75) is 25.3 Å². The zero-order chi connectivity index (χ0) is 20.3. The van der Waals surface area contributed by atoms with Crippen molar-refractivity contribution in [3.8, 4) is 11.3 Å². The number of nitrogens with one attached hydrogen (secondary N) is 1. The molecular weight excluding hydrogens is 381 g/mol. The largest absolute Gasteiger partial charge is 0.298 e. The SMILES string of the molecule is Cc1ccc(C)c(S(=O)(=O)NCCn2cnc(-c3ccc(F)cc3)cc2=O)c1. The van der Waals surface area contributed by atoms with Gasteiger partial charge in [-0.05, 0) is 55.3 Å². The van der Waals surface area contributed by atoms with E-state index in [2.05, 4.69) is 9.71 Å². The molecule has 0 amide bonds. The van der Waals surface area contributed by atoms with Gasteiger partial charge in [-0.2, -0.15) is 0 Å². The summed E-state index contributed by atoms with van der Waals surface area (Å²) in [7, 11) is -3.67. The molecule has 0 atom stereocenters. The van der Waals surface area contributed by atoms with Gasteiger partial charge in [0.05, 0.1) is 16.9 Å². The summed E-state index contributed by atoms with van der Waals surface area (Å²) in [6, 6.07) is 12.2. The van der Waals surface area contributed by atoms with Crippen molar-refractivity contribution in [2.24, 2.45) is 0 Å². The molecule has 0 aliphatic rings. The van der Waals surface area contributed by atoms with E-state index in [1.807, 2.05) is 13.0 Å². The second-order valence-corrected chi connectivity index (χ2v) is 8.21. The van der Waals surface area contributed by atoms with Gasteiger partial charge in [-0.25, -0.2) is 22.5 Å². The fourth-order valence-electron chi connectivity index (χ4n) is 2.75. The van der Waals surface area contributed by atoms with Crippen LogP contribution in [0.5, 0.6) is 0 Å². The minimum absolute atomic E-state index is 0.0488. The van der Waals surface area contributed by atoms with Crippen LogP contribution in [0.25, 0.3) is 11.3 Å². The number of aromatic nitrogens is 2. The van der Waals surface area contributed by atoms with Gasteiger partial charge in [-0.3, -0.25) is 9.36 Å². The van der Waals surface area contributed by atoms with Gasteiger partial charge in [0.15, 0.2) is 0 Å². The van der Waals surface area contributed by atoms with Crippen molar-refractivity contribution < 1.29 is 12.8 Å². The molecule has 6 nitrogen and oxygen atoms in total. The number of hydrogen-bond donors (Lipinski definition) is 1. The lowest BCUT2D eigenvalue weighted by molar-refractivity contribution is 0.568. The van der Waals surface area contributed by atoms with Gasteiger partial charge in [0.25, 0.3) is 5.56 Å². The average molecular weight is 401 g/mol. The minimum atomic E-state index is -3.67. The van der Waals surface area contributed by atoms with Crippen LogP contribution in [0.1, 0.15) is 11.1 Å². The Morgan fingerprint density at radius 1 is 1.07 bits per heavy atom. The first-order chi connectivity index (χ1) is 13.3. The Balaban J connectivity index is 1.70. The number of hydrogen-bond acceptors (Lipinski definition) is 4. The molecule has 0 radical (unpaired) electrons. The minimum Gasteiger partial charge on any atom is -0.298 e. The summed E-state index contributed by atoms with van der Waals surface area (Å²) < 4.78 is 41.8. The van der Waals surface area contributed by atoms with E-state index in [1.54, 1.807) is 31.2 Å². The van der Waals surface area contributed by atoms with Gasteiger partial charge in [0, 0.05) is 24.7 Å². The van der Waals surface area contributed by atoms with Gasteiger partial charge >= 0.3 is 0 Å². The summed E-state index contributed by atoms with van der Waals surface area (Å²) in [5, 5.41) is 0. The van der Waals surface area contributed by atoms with Crippen molar-refractivity contribution in [3.63, 3.8) is 0 Å². The molecule has 0 fully saturated rings. The number of rotatable bonds is 6. The van der Waals surface area contributed by atoms with Crippen LogP contribution in [0, 0.1) is 19.7 Å². The quantitative estimate of drug-likeness (QED) is 0.689. The van der Waals surface area contributed by atoms with Gasteiger partial charge in [0.2, 0.25) is 10.0 Å². The molecule has 3 rings (SSSR count). The van der Waals surface area contributed by atoms with Crippen LogP contribution in [0.2, 0.25) is 0 Å². The fraction of sp³-hybridized carbons (Fsp3) is 0.200. The third-order valence-electron chi connectivity index (χ3n) is 4.30. The highest BCUT2D eigenvalue weighted by atomic mass is 32.2. The Morgan fingerprint density at radius 2 is 1.79 bits per heavy atom. The number of benzene rings is 2. The maximum absolute atomic E-state index is 13.0. The van der Waals surface area contributed by atoms with Crippen molar-refractivity contribution in [1.29, 1.82) is 0 Å². The lowest BCUT2D eigenvalue weighted by Gasteiger charge is -2.11. The number of aryl methyl sites for hydroxylation is 2. The van der Waals surface area contributed by atoms with E-state index in [0.29, 0.717) is 16.8 Å². The van der Waals surface area contributed by atoms with Crippen LogP contribution >= 0.6 is 0 Å². The molecule has 1 N–H and O–H groups in total. The van der Waals surface area contributed by atoms with Crippen LogP contribution in [0.15, 0.2) is 64.5 Å². The molecule has 1 heterocycles. The van der Waals surface area contributed by atoms with Gasteiger partial charge in [-0.15, -0.1) is 0 Å². The second-order valence-electron chi connectivity index (χ2n) is 6.48. The summed E-state index contributed by atoms with van der Waals surface area (Å²) in [6.07, 6.45) is 1.35. The predicted molar refractivity (Wildman–Crippen MR) is 105 cm³/mol. The molecular formula is C20H20FN3O3S. The summed E-state index contributed by atoms with van der Waals surface area (Å²) in [5.74, 6) is -0.367.